The molecule has 2 N–H and O–H groups in total. The van der Waals surface area contributed by atoms with E-state index in [2.05, 4.69) is 25.9 Å². The summed E-state index contributed by atoms with van der Waals surface area (Å²) < 4.78 is 16.8. The molecule has 5 heterocycles. The number of ether oxygens (including phenoxy) is 3. The molecule has 1 fully saturated rings. The number of rotatable bonds is 0. The first-order chi connectivity index (χ1) is 23.5. The van der Waals surface area contributed by atoms with Gasteiger partial charge in [-0.05, 0) is 78.2 Å². The molecule has 2 aromatic heterocycles. The molecule has 0 unspecified atom stereocenters. The van der Waals surface area contributed by atoms with Crippen LogP contribution in [0.4, 0.5) is 19.5 Å². The molecule has 0 radical (unpaired) electrons. The van der Waals surface area contributed by atoms with Crippen molar-refractivity contribution in [2.45, 2.75) is 125 Å². The summed E-state index contributed by atoms with van der Waals surface area (Å²) in [6.07, 6.45) is 1.64. The Bertz CT molecular complexity index is 1460. The van der Waals surface area contributed by atoms with Crippen molar-refractivity contribution >= 4 is 67.8 Å². The van der Waals surface area contributed by atoms with E-state index in [9.17, 15) is 19.2 Å². The van der Waals surface area contributed by atoms with Crippen LogP contribution in [0.15, 0.2) is 3.92 Å². The highest BCUT2D eigenvalue weighted by Gasteiger charge is 2.29. The maximum Gasteiger partial charge on any atom is 0.410 e. The van der Waals surface area contributed by atoms with Crippen molar-refractivity contribution in [2.75, 3.05) is 31.9 Å². The Labute approximate surface area is 317 Å². The predicted octanol–water partition coefficient (Wildman–Crippen LogP) is 7.33. The fourth-order valence-corrected chi connectivity index (χ4v) is 7.15. The monoisotopic (exact) mass is 813 g/mol. The number of carbonyl (C=O) groups excluding carboxylic acids is 4. The minimum absolute atomic E-state index is 0.227. The SMILES string of the molecule is CC#N.CC(C)(C)OC(=O)N1CCC(=O)CC1.CC(C)(C)OC(=O)N1CCc2nc(Br)sc2C1.CC(C)(C)OC(=O)N1CCc2nc(N)sc2C1. The highest BCUT2D eigenvalue weighted by atomic mass is 79.9. The molecule has 51 heavy (non-hydrogen) atoms. The molecule has 3 amide bonds. The van der Waals surface area contributed by atoms with E-state index in [-0.39, 0.29) is 24.1 Å². The van der Waals surface area contributed by atoms with Crippen LogP contribution in [0.3, 0.4) is 0 Å². The average Bonchev–Trinajstić information content (AvgIpc) is 3.55. The molecule has 0 atom stereocenters. The lowest BCUT2D eigenvalue weighted by atomic mass is 10.1. The number of aromatic nitrogens is 2. The van der Waals surface area contributed by atoms with Gasteiger partial charge in [-0.15, -0.1) is 22.7 Å². The van der Waals surface area contributed by atoms with Gasteiger partial charge in [0.1, 0.15) is 22.6 Å². The minimum atomic E-state index is -0.460. The maximum absolute atomic E-state index is 11.9. The zero-order valence-electron chi connectivity index (χ0n) is 31.4. The Morgan fingerprint density at radius 2 is 1.06 bits per heavy atom. The molecule has 0 spiro atoms. The lowest BCUT2D eigenvalue weighted by Gasteiger charge is -2.29. The summed E-state index contributed by atoms with van der Waals surface area (Å²) in [7, 11) is 0. The number of ketones is 1. The number of nitriles is 1. The molecule has 3 aliphatic rings. The normalized spacial score (nSPS) is 15.6. The van der Waals surface area contributed by atoms with Crippen LogP contribution in [0.2, 0.25) is 0 Å². The topological polar surface area (TPSA) is 181 Å². The first-order valence-electron chi connectivity index (χ1n) is 16.6. The van der Waals surface area contributed by atoms with Crippen LogP contribution in [0.5, 0.6) is 0 Å². The average molecular weight is 815 g/mol. The van der Waals surface area contributed by atoms with Crippen molar-refractivity contribution < 1.29 is 33.4 Å². The van der Waals surface area contributed by atoms with Crippen LogP contribution in [-0.2, 0) is 44.9 Å². The van der Waals surface area contributed by atoms with Gasteiger partial charge >= 0.3 is 18.3 Å². The number of carbonyl (C=O) groups is 4. The van der Waals surface area contributed by atoms with Crippen molar-refractivity contribution in [3.05, 3.63) is 25.1 Å². The highest BCUT2D eigenvalue weighted by Crippen LogP contribution is 2.29. The summed E-state index contributed by atoms with van der Waals surface area (Å²) in [4.78, 5) is 62.1. The van der Waals surface area contributed by atoms with Gasteiger partial charge in [0.05, 0.1) is 30.5 Å². The molecule has 3 aliphatic heterocycles. The molecule has 0 aromatic carbocycles. The van der Waals surface area contributed by atoms with Gasteiger partial charge in [-0.1, -0.05) is 0 Å². The van der Waals surface area contributed by atoms with Gasteiger partial charge in [-0.3, -0.25) is 4.79 Å². The summed E-state index contributed by atoms with van der Waals surface area (Å²) in [6.45, 7) is 21.6. The Morgan fingerprint density at radius 3 is 1.47 bits per heavy atom. The van der Waals surface area contributed by atoms with Gasteiger partial charge in [-0.25, -0.2) is 24.4 Å². The lowest BCUT2D eigenvalue weighted by Crippen LogP contribution is -2.41. The molecule has 0 bridgehead atoms. The predicted molar refractivity (Wildman–Crippen MR) is 200 cm³/mol. The second kappa shape index (κ2) is 18.8. The van der Waals surface area contributed by atoms with Crippen molar-refractivity contribution in [1.82, 2.24) is 24.7 Å². The number of amides is 3. The Balaban J connectivity index is 0.000000256. The van der Waals surface area contributed by atoms with Crippen LogP contribution < -0.4 is 5.73 Å². The second-order valence-corrected chi connectivity index (χ2v) is 18.3. The molecule has 2 aromatic rings. The molecule has 0 saturated carbocycles. The number of nitrogen functional groups attached to an aromatic ring is 1. The van der Waals surface area contributed by atoms with Gasteiger partial charge < -0.3 is 34.6 Å². The lowest BCUT2D eigenvalue weighted by molar-refractivity contribution is -0.121. The number of Topliss-reactive ketones (excluding diaryl/α,β-unsaturated/α-hetero) is 1. The van der Waals surface area contributed by atoms with E-state index in [0.29, 0.717) is 57.2 Å². The third-order valence-electron chi connectivity index (χ3n) is 6.73. The number of fused-ring (bicyclic) bond motifs is 2. The van der Waals surface area contributed by atoms with E-state index in [4.69, 9.17) is 25.2 Å². The van der Waals surface area contributed by atoms with Crippen LogP contribution in [-0.4, -0.2) is 91.7 Å². The number of likely N-dealkylation sites (tertiary alicyclic amines) is 1. The van der Waals surface area contributed by atoms with E-state index in [0.717, 1.165) is 37.9 Å². The number of hydrogen-bond donors (Lipinski definition) is 1. The first kappa shape index (κ1) is 43.7. The molecular weight excluding hydrogens is 762 g/mol. The Hall–Kier alpha value is -3.49. The van der Waals surface area contributed by atoms with E-state index in [1.54, 1.807) is 32.1 Å². The Kier molecular flexibility index (Phi) is 16.1. The summed E-state index contributed by atoms with van der Waals surface area (Å²) in [5.74, 6) is 0.227. The van der Waals surface area contributed by atoms with Gasteiger partial charge in [0.15, 0.2) is 9.05 Å². The van der Waals surface area contributed by atoms with E-state index >= 15 is 0 Å². The number of piperidine rings is 1. The maximum atomic E-state index is 11.9. The van der Waals surface area contributed by atoms with Gasteiger partial charge in [0.25, 0.3) is 0 Å². The number of hydrogen-bond acceptors (Lipinski definition) is 13. The molecule has 0 aliphatic carbocycles. The van der Waals surface area contributed by atoms with Crippen molar-refractivity contribution in [2.24, 2.45) is 0 Å². The standard InChI is InChI=1S/C11H15BrN2O2S.C11H17N3O2S.C10H17NO3.C2H3N/c2*1-11(2,3)16-10(15)14-5-4-7-8(6-14)17-9(12)13-7;1-10(2,3)14-9(13)11-6-4-8(12)5-7-11;1-2-3/h4-6H2,1-3H3;4-6H2,1-3H3,(H2,12,13);4-7H2,1-3H3;1H3. The van der Waals surface area contributed by atoms with Crippen LogP contribution in [0.25, 0.3) is 0 Å². The number of nitrogens with zero attached hydrogens (tertiary/aromatic N) is 6. The van der Waals surface area contributed by atoms with Crippen molar-refractivity contribution in [3.63, 3.8) is 0 Å². The zero-order chi connectivity index (χ0) is 38.7. The molecule has 17 heteroatoms. The van der Waals surface area contributed by atoms with E-state index in [1.165, 1.54) is 18.3 Å². The van der Waals surface area contributed by atoms with Gasteiger partial charge in [0.2, 0.25) is 0 Å². The summed E-state index contributed by atoms with van der Waals surface area (Å²) in [6, 6.07) is 1.75. The number of anilines is 1. The fourth-order valence-electron chi connectivity index (χ4n) is 4.61. The van der Waals surface area contributed by atoms with Crippen LogP contribution >= 0.6 is 38.6 Å². The highest BCUT2D eigenvalue weighted by molar-refractivity contribution is 9.11. The minimum Gasteiger partial charge on any atom is -0.444 e. The number of nitrogens with two attached hydrogens (primary N) is 1. The van der Waals surface area contributed by atoms with Gasteiger partial charge in [-0.2, -0.15) is 5.26 Å². The first-order valence-corrected chi connectivity index (χ1v) is 19.1. The summed E-state index contributed by atoms with van der Waals surface area (Å²) in [5, 5.41) is 7.89. The largest absolute Gasteiger partial charge is 0.444 e. The van der Waals surface area contributed by atoms with Crippen molar-refractivity contribution in [3.8, 4) is 6.07 Å². The Morgan fingerprint density at radius 1 is 0.706 bits per heavy atom. The van der Waals surface area contributed by atoms with Crippen LogP contribution in [0, 0.1) is 11.3 Å². The van der Waals surface area contributed by atoms with E-state index in [1.807, 2.05) is 62.3 Å². The summed E-state index contributed by atoms with van der Waals surface area (Å²) in [5.41, 5.74) is 6.42. The second-order valence-electron chi connectivity index (χ2n) is 14.8. The summed E-state index contributed by atoms with van der Waals surface area (Å²) >= 11 is 6.40. The molecule has 284 valence electrons. The molecule has 14 nitrogen and oxygen atoms in total. The third kappa shape index (κ3) is 16.2. The van der Waals surface area contributed by atoms with Gasteiger partial charge in [0, 0.05) is 68.5 Å². The fraction of sp³-hybridized carbons (Fsp3) is 0.676. The van der Waals surface area contributed by atoms with Crippen molar-refractivity contribution in [1.29, 1.82) is 5.26 Å². The molecular formula is C34H52BrN7O7S2. The number of thiazole rings is 2. The number of halogens is 1. The van der Waals surface area contributed by atoms with E-state index < -0.39 is 16.8 Å². The smallest absolute Gasteiger partial charge is 0.410 e. The molecule has 1 saturated heterocycles. The zero-order valence-corrected chi connectivity index (χ0v) is 34.6. The molecule has 5 rings (SSSR count). The quantitative estimate of drug-likeness (QED) is 0.263. The third-order valence-corrected chi connectivity index (χ3v) is 9.17. The van der Waals surface area contributed by atoms with Crippen LogP contribution in [0.1, 0.15) is 103 Å².